The third-order valence-corrected chi connectivity index (χ3v) is 5.26. The first-order valence-corrected chi connectivity index (χ1v) is 8.13. The number of nitrogens with one attached hydrogen (secondary N) is 1. The number of hydrogen-bond donors (Lipinski definition) is 2. The van der Waals surface area contributed by atoms with Gasteiger partial charge < -0.3 is 5.73 Å². The molecule has 0 radical (unpaired) electrons. The molecule has 1 heterocycles. The van der Waals surface area contributed by atoms with Gasteiger partial charge in [-0.1, -0.05) is 6.07 Å². The number of nitrogens with zero attached hydrogens (tertiary/aromatic N) is 2. The average Bonchev–Trinajstić information content (AvgIpc) is 2.80. The molecule has 1 aromatic carbocycles. The van der Waals surface area contributed by atoms with Gasteiger partial charge in [-0.3, -0.25) is 4.68 Å². The topological polar surface area (TPSA) is 90.0 Å². The largest absolute Gasteiger partial charge is 0.398 e. The van der Waals surface area contributed by atoms with Crippen LogP contribution >= 0.6 is 0 Å². The van der Waals surface area contributed by atoms with Crippen LogP contribution < -0.4 is 10.5 Å². The standard InChI is InChI=1S/C14H20N4O2S/c1-10-4-5-13(15)11(2)14(10)21(19,20)17-9-7-12-6-8-16-18(12)3/h4-6,8,17H,7,9,15H2,1-3H3. The summed E-state index contributed by atoms with van der Waals surface area (Å²) < 4.78 is 29.3. The van der Waals surface area contributed by atoms with Gasteiger partial charge in [0.15, 0.2) is 0 Å². The minimum absolute atomic E-state index is 0.271. The minimum atomic E-state index is -3.57. The van der Waals surface area contributed by atoms with Crippen molar-refractivity contribution >= 4 is 15.7 Å². The molecule has 0 spiro atoms. The quantitative estimate of drug-likeness (QED) is 0.811. The highest BCUT2D eigenvalue weighted by atomic mass is 32.2. The van der Waals surface area contributed by atoms with E-state index in [0.29, 0.717) is 29.8 Å². The van der Waals surface area contributed by atoms with Gasteiger partial charge in [0.05, 0.1) is 4.90 Å². The third-order valence-electron chi connectivity index (χ3n) is 3.51. The lowest BCUT2D eigenvalue weighted by molar-refractivity contribution is 0.578. The number of rotatable bonds is 5. The maximum Gasteiger partial charge on any atom is 0.241 e. The molecule has 0 bridgehead atoms. The van der Waals surface area contributed by atoms with Gasteiger partial charge in [-0.15, -0.1) is 0 Å². The van der Waals surface area contributed by atoms with Crippen LogP contribution in [-0.4, -0.2) is 24.7 Å². The third kappa shape index (κ3) is 3.25. The lowest BCUT2D eigenvalue weighted by Gasteiger charge is -2.13. The van der Waals surface area contributed by atoms with Crippen LogP contribution in [0.4, 0.5) is 5.69 Å². The van der Waals surface area contributed by atoms with Crippen LogP contribution in [0.15, 0.2) is 29.3 Å². The zero-order chi connectivity index (χ0) is 15.6. The molecule has 0 fully saturated rings. The molecule has 0 amide bonds. The highest BCUT2D eigenvalue weighted by Crippen LogP contribution is 2.24. The van der Waals surface area contributed by atoms with Gasteiger partial charge >= 0.3 is 0 Å². The van der Waals surface area contributed by atoms with Crippen molar-refractivity contribution in [3.63, 3.8) is 0 Å². The van der Waals surface area contributed by atoms with Crippen LogP contribution in [-0.2, 0) is 23.5 Å². The van der Waals surface area contributed by atoms with Crippen molar-refractivity contribution in [3.8, 4) is 0 Å². The number of nitrogen functional groups attached to an aromatic ring is 1. The van der Waals surface area contributed by atoms with E-state index in [0.717, 1.165) is 5.69 Å². The maximum absolute atomic E-state index is 12.5. The molecule has 21 heavy (non-hydrogen) atoms. The Morgan fingerprint density at radius 3 is 2.62 bits per heavy atom. The summed E-state index contributed by atoms with van der Waals surface area (Å²) >= 11 is 0. The van der Waals surface area contributed by atoms with E-state index in [4.69, 9.17) is 5.73 Å². The number of nitrogens with two attached hydrogens (primary N) is 1. The molecule has 3 N–H and O–H groups in total. The summed E-state index contributed by atoms with van der Waals surface area (Å²) in [6, 6.07) is 5.31. The summed E-state index contributed by atoms with van der Waals surface area (Å²) in [5.74, 6) is 0. The first-order valence-electron chi connectivity index (χ1n) is 6.65. The Morgan fingerprint density at radius 1 is 1.29 bits per heavy atom. The second-order valence-corrected chi connectivity index (χ2v) is 6.72. The van der Waals surface area contributed by atoms with E-state index in [1.54, 1.807) is 36.9 Å². The van der Waals surface area contributed by atoms with Crippen LogP contribution in [0.3, 0.4) is 0 Å². The fourth-order valence-electron chi connectivity index (χ4n) is 2.29. The molecule has 0 saturated heterocycles. The number of hydrogen-bond acceptors (Lipinski definition) is 4. The van der Waals surface area contributed by atoms with E-state index in [9.17, 15) is 8.42 Å². The van der Waals surface area contributed by atoms with Crippen molar-refractivity contribution in [1.82, 2.24) is 14.5 Å². The van der Waals surface area contributed by atoms with Crippen molar-refractivity contribution in [1.29, 1.82) is 0 Å². The Kier molecular flexibility index (Phi) is 4.34. The molecule has 7 heteroatoms. The Morgan fingerprint density at radius 2 is 2.00 bits per heavy atom. The van der Waals surface area contributed by atoms with Crippen molar-refractivity contribution in [2.45, 2.75) is 25.2 Å². The Labute approximate surface area is 125 Å². The first kappa shape index (κ1) is 15.5. The molecule has 0 unspecified atom stereocenters. The SMILES string of the molecule is Cc1ccc(N)c(C)c1S(=O)(=O)NCCc1ccnn1C. The highest BCUT2D eigenvalue weighted by molar-refractivity contribution is 7.89. The molecule has 2 aromatic rings. The highest BCUT2D eigenvalue weighted by Gasteiger charge is 2.20. The number of aromatic nitrogens is 2. The second-order valence-electron chi connectivity index (χ2n) is 5.02. The lowest BCUT2D eigenvalue weighted by atomic mass is 10.1. The Bertz CT molecular complexity index is 750. The van der Waals surface area contributed by atoms with E-state index >= 15 is 0 Å². The Hall–Kier alpha value is -1.86. The van der Waals surface area contributed by atoms with Crippen LogP contribution in [0.5, 0.6) is 0 Å². The normalized spacial score (nSPS) is 11.8. The van der Waals surface area contributed by atoms with Gasteiger partial charge in [0.25, 0.3) is 0 Å². The summed E-state index contributed by atoms with van der Waals surface area (Å²) in [6.45, 7) is 3.80. The number of sulfonamides is 1. The van der Waals surface area contributed by atoms with E-state index in [-0.39, 0.29) is 4.90 Å². The van der Waals surface area contributed by atoms with Gasteiger partial charge in [-0.25, -0.2) is 13.1 Å². The van der Waals surface area contributed by atoms with Crippen molar-refractivity contribution in [2.75, 3.05) is 12.3 Å². The second kappa shape index (κ2) is 5.87. The predicted molar refractivity (Wildman–Crippen MR) is 82.4 cm³/mol. The Balaban J connectivity index is 2.16. The first-order chi connectivity index (χ1) is 9.83. The molecule has 1 aromatic heterocycles. The molecular formula is C14H20N4O2S. The molecule has 2 rings (SSSR count). The summed E-state index contributed by atoms with van der Waals surface area (Å²) in [4.78, 5) is 0.271. The van der Waals surface area contributed by atoms with Gasteiger partial charge in [-0.2, -0.15) is 5.10 Å². The van der Waals surface area contributed by atoms with Gasteiger partial charge in [0.2, 0.25) is 10.0 Å². The fourth-order valence-corrected chi connectivity index (χ4v) is 3.82. The van der Waals surface area contributed by atoms with Crippen molar-refractivity contribution in [3.05, 3.63) is 41.2 Å². The van der Waals surface area contributed by atoms with Crippen molar-refractivity contribution in [2.24, 2.45) is 7.05 Å². The summed E-state index contributed by atoms with van der Waals surface area (Å²) in [5.41, 5.74) is 8.53. The van der Waals surface area contributed by atoms with E-state index in [1.807, 2.05) is 13.1 Å². The van der Waals surface area contributed by atoms with E-state index in [1.165, 1.54) is 0 Å². The monoisotopic (exact) mass is 308 g/mol. The molecule has 0 aliphatic carbocycles. The number of anilines is 1. The zero-order valence-corrected chi connectivity index (χ0v) is 13.2. The maximum atomic E-state index is 12.5. The van der Waals surface area contributed by atoms with Crippen LogP contribution in [0.25, 0.3) is 0 Å². The molecule has 0 atom stereocenters. The van der Waals surface area contributed by atoms with Gasteiger partial charge in [0, 0.05) is 37.6 Å². The van der Waals surface area contributed by atoms with E-state index < -0.39 is 10.0 Å². The zero-order valence-electron chi connectivity index (χ0n) is 12.4. The average molecular weight is 308 g/mol. The van der Waals surface area contributed by atoms with Crippen LogP contribution in [0.1, 0.15) is 16.8 Å². The molecule has 114 valence electrons. The van der Waals surface area contributed by atoms with Crippen LogP contribution in [0, 0.1) is 13.8 Å². The predicted octanol–water partition coefficient (Wildman–Crippen LogP) is 1.14. The van der Waals surface area contributed by atoms with E-state index in [2.05, 4.69) is 9.82 Å². The van der Waals surface area contributed by atoms with Crippen LogP contribution in [0.2, 0.25) is 0 Å². The minimum Gasteiger partial charge on any atom is -0.398 e. The summed E-state index contributed by atoms with van der Waals surface area (Å²) in [5, 5.41) is 4.05. The van der Waals surface area contributed by atoms with Crippen molar-refractivity contribution < 1.29 is 8.42 Å². The summed E-state index contributed by atoms with van der Waals surface area (Å²) in [7, 11) is -1.74. The lowest BCUT2D eigenvalue weighted by Crippen LogP contribution is -2.28. The molecule has 0 saturated carbocycles. The number of benzene rings is 1. The number of aryl methyl sites for hydroxylation is 2. The molecule has 0 aliphatic heterocycles. The molecular weight excluding hydrogens is 288 g/mol. The molecule has 6 nitrogen and oxygen atoms in total. The van der Waals surface area contributed by atoms with Gasteiger partial charge in [-0.05, 0) is 37.1 Å². The fraction of sp³-hybridized carbons (Fsp3) is 0.357. The molecule has 0 aliphatic rings. The smallest absolute Gasteiger partial charge is 0.241 e. The van der Waals surface area contributed by atoms with Gasteiger partial charge in [0.1, 0.15) is 0 Å². The summed E-state index contributed by atoms with van der Waals surface area (Å²) in [6.07, 6.45) is 2.27.